The van der Waals surface area contributed by atoms with E-state index in [4.69, 9.17) is 0 Å². The molecule has 0 unspecified atom stereocenters. The zero-order valence-corrected chi connectivity index (χ0v) is 12.9. The molecule has 2 aromatic heterocycles. The van der Waals surface area contributed by atoms with Gasteiger partial charge >= 0.3 is 0 Å². The van der Waals surface area contributed by atoms with Crippen molar-refractivity contribution in [3.8, 4) is 0 Å². The van der Waals surface area contributed by atoms with Gasteiger partial charge < -0.3 is 10.6 Å². The molecule has 0 bridgehead atoms. The summed E-state index contributed by atoms with van der Waals surface area (Å²) in [5, 5.41) is 8.74. The summed E-state index contributed by atoms with van der Waals surface area (Å²) < 4.78 is 0. The first-order chi connectivity index (χ1) is 9.31. The monoisotopic (exact) mass is 293 g/mol. The van der Waals surface area contributed by atoms with Crippen LogP contribution in [0.5, 0.6) is 0 Å². The maximum atomic E-state index is 4.23. The minimum atomic E-state index is 0.821. The molecule has 0 aliphatic heterocycles. The van der Waals surface area contributed by atoms with Crippen molar-refractivity contribution in [1.82, 2.24) is 10.6 Å². The van der Waals surface area contributed by atoms with E-state index in [1.807, 2.05) is 11.3 Å². The molecule has 2 N–H and O–H groups in total. The van der Waals surface area contributed by atoms with E-state index in [0.717, 1.165) is 25.5 Å². The van der Waals surface area contributed by atoms with Crippen LogP contribution in [-0.4, -0.2) is 13.0 Å². The van der Waals surface area contributed by atoms with Crippen LogP contribution in [-0.2, 0) is 19.5 Å². The zero-order valence-electron chi connectivity index (χ0n) is 11.3. The van der Waals surface area contributed by atoms with Crippen molar-refractivity contribution in [3.63, 3.8) is 0 Å². The number of hydrogen-bond donors (Lipinski definition) is 2. The van der Waals surface area contributed by atoms with Gasteiger partial charge in [-0.3, -0.25) is 4.99 Å². The molecule has 0 radical (unpaired) electrons. The van der Waals surface area contributed by atoms with Crippen LogP contribution < -0.4 is 10.6 Å². The number of rotatable bonds is 5. The molecular formula is C14H19N3S2. The van der Waals surface area contributed by atoms with Gasteiger partial charge in [-0.25, -0.2) is 0 Å². The fraction of sp³-hybridized carbons (Fsp3) is 0.357. The summed E-state index contributed by atoms with van der Waals surface area (Å²) in [5.41, 5.74) is 0. The number of thiophene rings is 2. The van der Waals surface area contributed by atoms with E-state index in [0.29, 0.717) is 0 Å². The molecule has 0 amide bonds. The summed E-state index contributed by atoms with van der Waals surface area (Å²) in [6, 6.07) is 8.57. The number of aryl methyl sites for hydroxylation is 1. The lowest BCUT2D eigenvalue weighted by Gasteiger charge is -2.10. The highest BCUT2D eigenvalue weighted by molar-refractivity contribution is 7.12. The Bertz CT molecular complexity index is 515. The molecule has 0 aliphatic carbocycles. The van der Waals surface area contributed by atoms with Crippen LogP contribution in [0.15, 0.2) is 34.6 Å². The molecule has 0 fully saturated rings. The first-order valence-electron chi connectivity index (χ1n) is 6.36. The molecule has 0 aromatic carbocycles. The standard InChI is InChI=1S/C14H19N3S2/c1-3-11-6-7-13(19-11)10-17-14(15-2)16-9-12-5-4-8-18-12/h4-8H,3,9-10H2,1-2H3,(H2,15,16,17). The molecule has 19 heavy (non-hydrogen) atoms. The number of guanidine groups is 1. The van der Waals surface area contributed by atoms with Gasteiger partial charge in [-0.1, -0.05) is 13.0 Å². The van der Waals surface area contributed by atoms with Gasteiger partial charge in [0.05, 0.1) is 13.1 Å². The molecule has 102 valence electrons. The highest BCUT2D eigenvalue weighted by Gasteiger charge is 2.01. The van der Waals surface area contributed by atoms with Gasteiger partial charge in [0.1, 0.15) is 0 Å². The quantitative estimate of drug-likeness (QED) is 0.656. The van der Waals surface area contributed by atoms with E-state index in [-0.39, 0.29) is 0 Å². The van der Waals surface area contributed by atoms with E-state index >= 15 is 0 Å². The van der Waals surface area contributed by atoms with Crippen molar-refractivity contribution in [2.75, 3.05) is 7.05 Å². The lowest BCUT2D eigenvalue weighted by molar-refractivity contribution is 0.822. The van der Waals surface area contributed by atoms with Gasteiger partial charge in [-0.05, 0) is 30.0 Å². The summed E-state index contributed by atoms with van der Waals surface area (Å²) in [5.74, 6) is 0.847. The smallest absolute Gasteiger partial charge is 0.191 e. The van der Waals surface area contributed by atoms with E-state index in [2.05, 4.69) is 52.2 Å². The van der Waals surface area contributed by atoms with E-state index < -0.39 is 0 Å². The third-order valence-electron chi connectivity index (χ3n) is 2.73. The van der Waals surface area contributed by atoms with Gasteiger partial charge in [0.15, 0.2) is 5.96 Å². The van der Waals surface area contributed by atoms with Crippen molar-refractivity contribution in [2.24, 2.45) is 4.99 Å². The Balaban J connectivity index is 1.79. The van der Waals surface area contributed by atoms with Crippen molar-refractivity contribution in [2.45, 2.75) is 26.4 Å². The van der Waals surface area contributed by atoms with Gasteiger partial charge in [0, 0.05) is 21.7 Å². The van der Waals surface area contributed by atoms with Crippen LogP contribution in [0.4, 0.5) is 0 Å². The van der Waals surface area contributed by atoms with Crippen LogP contribution in [0.3, 0.4) is 0 Å². The Hall–Kier alpha value is -1.33. The largest absolute Gasteiger partial charge is 0.352 e. The fourth-order valence-corrected chi connectivity index (χ4v) is 3.22. The van der Waals surface area contributed by atoms with Crippen molar-refractivity contribution in [3.05, 3.63) is 44.3 Å². The molecule has 3 nitrogen and oxygen atoms in total. The molecule has 2 rings (SSSR count). The SMILES string of the molecule is CCc1ccc(CNC(=NC)NCc2cccs2)s1. The first kappa shape index (κ1) is 14.1. The van der Waals surface area contributed by atoms with Crippen LogP contribution >= 0.6 is 22.7 Å². The third-order valence-corrected chi connectivity index (χ3v) is 4.84. The minimum Gasteiger partial charge on any atom is -0.352 e. The second kappa shape index (κ2) is 7.31. The minimum absolute atomic E-state index is 0.821. The first-order valence-corrected chi connectivity index (χ1v) is 8.06. The normalized spacial score (nSPS) is 11.6. The number of hydrogen-bond acceptors (Lipinski definition) is 3. The van der Waals surface area contributed by atoms with Crippen LogP contribution in [0.1, 0.15) is 21.6 Å². The summed E-state index contributed by atoms with van der Waals surface area (Å²) >= 11 is 3.61. The number of nitrogens with one attached hydrogen (secondary N) is 2. The lowest BCUT2D eigenvalue weighted by Crippen LogP contribution is -2.35. The topological polar surface area (TPSA) is 36.4 Å². The molecule has 0 atom stereocenters. The fourth-order valence-electron chi connectivity index (χ4n) is 1.68. The van der Waals surface area contributed by atoms with Gasteiger partial charge in [-0.2, -0.15) is 0 Å². The molecule has 5 heteroatoms. The highest BCUT2D eigenvalue weighted by atomic mass is 32.1. The Labute approximate surface area is 122 Å². The second-order valence-electron chi connectivity index (χ2n) is 4.08. The third kappa shape index (κ3) is 4.36. The zero-order chi connectivity index (χ0) is 13.5. The predicted molar refractivity (Wildman–Crippen MR) is 85.1 cm³/mol. The summed E-state index contributed by atoms with van der Waals surface area (Å²) in [4.78, 5) is 8.32. The Morgan fingerprint density at radius 2 is 1.84 bits per heavy atom. The summed E-state index contributed by atoms with van der Waals surface area (Å²) in [7, 11) is 1.80. The lowest BCUT2D eigenvalue weighted by atomic mass is 10.3. The van der Waals surface area contributed by atoms with E-state index in [1.165, 1.54) is 14.6 Å². The molecule has 0 saturated carbocycles. The molecule has 2 aromatic rings. The Morgan fingerprint density at radius 1 is 1.11 bits per heavy atom. The van der Waals surface area contributed by atoms with Crippen molar-refractivity contribution in [1.29, 1.82) is 0 Å². The maximum absolute atomic E-state index is 4.23. The van der Waals surface area contributed by atoms with Crippen molar-refractivity contribution >= 4 is 28.6 Å². The number of nitrogens with zero attached hydrogens (tertiary/aromatic N) is 1. The van der Waals surface area contributed by atoms with E-state index in [1.54, 1.807) is 18.4 Å². The average Bonchev–Trinajstić information content (AvgIpc) is 3.10. The van der Waals surface area contributed by atoms with E-state index in [9.17, 15) is 0 Å². The van der Waals surface area contributed by atoms with Crippen LogP contribution in [0, 0.1) is 0 Å². The predicted octanol–water partition coefficient (Wildman–Crippen LogP) is 3.24. The van der Waals surface area contributed by atoms with Gasteiger partial charge in [0.2, 0.25) is 0 Å². The Morgan fingerprint density at radius 3 is 2.42 bits per heavy atom. The van der Waals surface area contributed by atoms with Crippen LogP contribution in [0.2, 0.25) is 0 Å². The molecule has 0 saturated heterocycles. The Kier molecular flexibility index (Phi) is 5.42. The van der Waals surface area contributed by atoms with Gasteiger partial charge in [-0.15, -0.1) is 22.7 Å². The molecular weight excluding hydrogens is 274 g/mol. The second-order valence-corrected chi connectivity index (χ2v) is 6.37. The maximum Gasteiger partial charge on any atom is 0.191 e. The summed E-state index contributed by atoms with van der Waals surface area (Å²) in [6.45, 7) is 3.83. The van der Waals surface area contributed by atoms with Gasteiger partial charge in [0.25, 0.3) is 0 Å². The molecule has 0 aliphatic rings. The molecule has 2 heterocycles. The summed E-state index contributed by atoms with van der Waals surface area (Å²) in [6.07, 6.45) is 1.11. The number of aliphatic imine (C=N–C) groups is 1. The average molecular weight is 293 g/mol. The van der Waals surface area contributed by atoms with Crippen LogP contribution in [0.25, 0.3) is 0 Å². The highest BCUT2D eigenvalue weighted by Crippen LogP contribution is 2.16. The van der Waals surface area contributed by atoms with Crippen molar-refractivity contribution < 1.29 is 0 Å². The molecule has 0 spiro atoms.